The first-order chi connectivity index (χ1) is 11.8. The fraction of sp³-hybridized carbons (Fsp3) is 0.353. The van der Waals surface area contributed by atoms with Gasteiger partial charge in [-0.05, 0) is 24.5 Å². The summed E-state index contributed by atoms with van der Waals surface area (Å²) in [4.78, 5) is 26.3. The van der Waals surface area contributed by atoms with Gasteiger partial charge in [0, 0.05) is 31.3 Å². The van der Waals surface area contributed by atoms with E-state index in [4.69, 9.17) is 10.00 Å². The van der Waals surface area contributed by atoms with Crippen molar-refractivity contribution in [1.82, 2.24) is 19.9 Å². The predicted molar refractivity (Wildman–Crippen MR) is 84.9 cm³/mol. The molecule has 7 heteroatoms. The molecule has 3 heterocycles. The van der Waals surface area contributed by atoms with Crippen LogP contribution in [0, 0.1) is 11.3 Å². The Morgan fingerprint density at radius 1 is 1.38 bits per heavy atom. The number of piperidine rings is 1. The molecule has 0 spiro atoms. The van der Waals surface area contributed by atoms with E-state index in [1.54, 1.807) is 17.3 Å². The molecule has 0 unspecified atom stereocenters. The maximum Gasteiger partial charge on any atom is 0.251 e. The average molecular weight is 323 g/mol. The molecule has 2 aromatic rings. The second-order valence-electron chi connectivity index (χ2n) is 5.58. The number of hydrogen-bond donors (Lipinski definition) is 0. The summed E-state index contributed by atoms with van der Waals surface area (Å²) < 4.78 is 5.81. The number of pyridine rings is 1. The standard InChI is InChI=1S/C17H17N5O2/c18-10-15-17(21-7-6-20-15)24-14-4-2-8-22(12-14)16(23)9-13-3-1-5-19-11-13/h1,3,5-7,11,14H,2,4,8-9,12H2/t14-/m0/s1. The zero-order valence-electron chi connectivity index (χ0n) is 13.1. The summed E-state index contributed by atoms with van der Waals surface area (Å²) in [5, 5.41) is 9.05. The van der Waals surface area contributed by atoms with Crippen molar-refractivity contribution in [2.24, 2.45) is 0 Å². The van der Waals surface area contributed by atoms with Crippen molar-refractivity contribution in [3.8, 4) is 11.9 Å². The second-order valence-corrected chi connectivity index (χ2v) is 5.58. The lowest BCUT2D eigenvalue weighted by atomic mass is 10.1. The molecule has 0 bridgehead atoms. The Hall–Kier alpha value is -3.01. The SMILES string of the molecule is N#Cc1nccnc1O[C@H]1CCCN(C(=O)Cc2cccnc2)C1. The Balaban J connectivity index is 1.62. The lowest BCUT2D eigenvalue weighted by Gasteiger charge is -2.32. The normalized spacial score (nSPS) is 17.1. The first-order valence-corrected chi connectivity index (χ1v) is 7.80. The zero-order valence-corrected chi connectivity index (χ0v) is 13.1. The summed E-state index contributed by atoms with van der Waals surface area (Å²) in [6.07, 6.45) is 8.15. The number of rotatable bonds is 4. The molecule has 1 amide bonds. The minimum atomic E-state index is -0.180. The second kappa shape index (κ2) is 7.51. The molecule has 1 saturated heterocycles. The van der Waals surface area contributed by atoms with Crippen molar-refractivity contribution in [3.63, 3.8) is 0 Å². The molecule has 0 saturated carbocycles. The third kappa shape index (κ3) is 3.84. The van der Waals surface area contributed by atoms with Gasteiger partial charge in [-0.3, -0.25) is 9.78 Å². The summed E-state index contributed by atoms with van der Waals surface area (Å²) in [5.41, 5.74) is 1.06. The fourth-order valence-corrected chi connectivity index (χ4v) is 2.70. The van der Waals surface area contributed by atoms with Gasteiger partial charge in [-0.2, -0.15) is 5.26 Å². The van der Waals surface area contributed by atoms with E-state index in [0.717, 1.165) is 18.4 Å². The molecule has 0 radical (unpaired) electrons. The molecule has 0 aromatic carbocycles. The van der Waals surface area contributed by atoms with Gasteiger partial charge in [0.25, 0.3) is 5.88 Å². The molecule has 7 nitrogen and oxygen atoms in total. The number of aromatic nitrogens is 3. The highest BCUT2D eigenvalue weighted by Gasteiger charge is 2.26. The molecule has 0 N–H and O–H groups in total. The number of amides is 1. The van der Waals surface area contributed by atoms with E-state index in [-0.39, 0.29) is 23.6 Å². The van der Waals surface area contributed by atoms with E-state index in [0.29, 0.717) is 19.5 Å². The van der Waals surface area contributed by atoms with Crippen molar-refractivity contribution < 1.29 is 9.53 Å². The molecule has 2 aromatic heterocycles. The molecular formula is C17H17N5O2. The lowest BCUT2D eigenvalue weighted by Crippen LogP contribution is -2.45. The van der Waals surface area contributed by atoms with Gasteiger partial charge in [-0.25, -0.2) is 9.97 Å². The van der Waals surface area contributed by atoms with E-state index in [2.05, 4.69) is 15.0 Å². The number of nitriles is 1. The van der Waals surface area contributed by atoms with E-state index >= 15 is 0 Å². The number of hydrogen-bond acceptors (Lipinski definition) is 6. The molecule has 1 atom stereocenters. The monoisotopic (exact) mass is 323 g/mol. The van der Waals surface area contributed by atoms with Gasteiger partial charge in [0.2, 0.25) is 11.6 Å². The number of carbonyl (C=O) groups excluding carboxylic acids is 1. The Morgan fingerprint density at radius 2 is 2.25 bits per heavy atom. The van der Waals surface area contributed by atoms with Crippen LogP contribution in [0.4, 0.5) is 0 Å². The van der Waals surface area contributed by atoms with E-state index in [9.17, 15) is 4.79 Å². The van der Waals surface area contributed by atoms with Crippen LogP contribution >= 0.6 is 0 Å². The largest absolute Gasteiger partial charge is 0.470 e. The average Bonchev–Trinajstić information content (AvgIpc) is 2.63. The maximum atomic E-state index is 12.5. The van der Waals surface area contributed by atoms with Crippen molar-refractivity contribution in [3.05, 3.63) is 48.2 Å². The van der Waals surface area contributed by atoms with E-state index in [1.807, 2.05) is 18.2 Å². The number of likely N-dealkylation sites (tertiary alicyclic amines) is 1. The summed E-state index contributed by atoms with van der Waals surface area (Å²) in [6, 6.07) is 5.68. The van der Waals surface area contributed by atoms with Crippen molar-refractivity contribution in [1.29, 1.82) is 5.26 Å². The lowest BCUT2D eigenvalue weighted by molar-refractivity contribution is -0.133. The van der Waals surface area contributed by atoms with Gasteiger partial charge in [-0.1, -0.05) is 6.07 Å². The van der Waals surface area contributed by atoms with Crippen molar-refractivity contribution in [2.75, 3.05) is 13.1 Å². The Labute approximate surface area is 139 Å². The Bertz CT molecular complexity index is 744. The van der Waals surface area contributed by atoms with Crippen LogP contribution in [0.25, 0.3) is 0 Å². The third-order valence-corrected chi connectivity index (χ3v) is 3.86. The Kier molecular flexibility index (Phi) is 4.96. The fourth-order valence-electron chi connectivity index (χ4n) is 2.70. The van der Waals surface area contributed by atoms with Crippen LogP contribution in [0.5, 0.6) is 5.88 Å². The van der Waals surface area contributed by atoms with Crippen LogP contribution in [0.3, 0.4) is 0 Å². The molecule has 1 aliphatic rings. The minimum Gasteiger partial charge on any atom is -0.470 e. The van der Waals surface area contributed by atoms with Crippen LogP contribution in [0.15, 0.2) is 36.9 Å². The summed E-state index contributed by atoms with van der Waals surface area (Å²) in [5.74, 6) is 0.280. The zero-order chi connectivity index (χ0) is 16.8. The number of carbonyl (C=O) groups is 1. The highest BCUT2D eigenvalue weighted by Crippen LogP contribution is 2.19. The van der Waals surface area contributed by atoms with E-state index in [1.165, 1.54) is 12.4 Å². The van der Waals surface area contributed by atoms with Crippen LogP contribution in [0.2, 0.25) is 0 Å². The first kappa shape index (κ1) is 15.9. The smallest absolute Gasteiger partial charge is 0.251 e. The van der Waals surface area contributed by atoms with Crippen LogP contribution < -0.4 is 4.74 Å². The number of nitrogens with zero attached hydrogens (tertiary/aromatic N) is 5. The quantitative estimate of drug-likeness (QED) is 0.843. The van der Waals surface area contributed by atoms with Crippen LogP contribution in [-0.4, -0.2) is 45.0 Å². The van der Waals surface area contributed by atoms with Gasteiger partial charge in [-0.15, -0.1) is 0 Å². The summed E-state index contributed by atoms with van der Waals surface area (Å²) in [6.45, 7) is 1.20. The van der Waals surface area contributed by atoms with Crippen LogP contribution in [-0.2, 0) is 11.2 Å². The maximum absolute atomic E-state index is 12.5. The highest BCUT2D eigenvalue weighted by molar-refractivity contribution is 5.78. The van der Waals surface area contributed by atoms with Gasteiger partial charge in [0.1, 0.15) is 12.2 Å². The van der Waals surface area contributed by atoms with Gasteiger partial charge in [0.05, 0.1) is 13.0 Å². The predicted octanol–water partition coefficient (Wildman–Crippen LogP) is 1.36. The number of ether oxygens (including phenoxy) is 1. The minimum absolute atomic E-state index is 0.0518. The van der Waals surface area contributed by atoms with Crippen molar-refractivity contribution in [2.45, 2.75) is 25.4 Å². The van der Waals surface area contributed by atoms with Crippen molar-refractivity contribution >= 4 is 5.91 Å². The van der Waals surface area contributed by atoms with Gasteiger partial charge in [0.15, 0.2) is 0 Å². The Morgan fingerprint density at radius 3 is 3.04 bits per heavy atom. The molecule has 122 valence electrons. The summed E-state index contributed by atoms with van der Waals surface area (Å²) >= 11 is 0. The molecule has 3 rings (SSSR count). The highest BCUT2D eigenvalue weighted by atomic mass is 16.5. The summed E-state index contributed by atoms with van der Waals surface area (Å²) in [7, 11) is 0. The van der Waals surface area contributed by atoms with Gasteiger partial charge < -0.3 is 9.64 Å². The molecule has 1 aliphatic heterocycles. The molecule has 1 fully saturated rings. The first-order valence-electron chi connectivity index (χ1n) is 7.80. The third-order valence-electron chi connectivity index (χ3n) is 3.86. The topological polar surface area (TPSA) is 92.0 Å². The molecular weight excluding hydrogens is 306 g/mol. The molecule has 24 heavy (non-hydrogen) atoms. The van der Waals surface area contributed by atoms with Crippen LogP contribution in [0.1, 0.15) is 24.1 Å². The molecule has 0 aliphatic carbocycles. The van der Waals surface area contributed by atoms with Gasteiger partial charge >= 0.3 is 0 Å². The van der Waals surface area contributed by atoms with E-state index < -0.39 is 0 Å².